The van der Waals surface area contributed by atoms with E-state index in [1.54, 1.807) is 0 Å². The zero-order valence-corrected chi connectivity index (χ0v) is 15.1. The summed E-state index contributed by atoms with van der Waals surface area (Å²) >= 11 is 0. The van der Waals surface area contributed by atoms with Gasteiger partial charge >= 0.3 is 5.97 Å². The number of aliphatic hydroxyl groups excluding tert-OH is 1. The maximum atomic E-state index is 12.1. The van der Waals surface area contributed by atoms with Crippen molar-refractivity contribution in [3.8, 4) is 0 Å². The molecule has 22 heavy (non-hydrogen) atoms. The van der Waals surface area contributed by atoms with E-state index in [1.165, 1.54) is 7.11 Å². The minimum atomic E-state index is -1.04. The Hall–Kier alpha value is -0.536. The monoisotopic (exact) mass is 388 g/mol. The predicted molar refractivity (Wildman–Crippen MR) is 69.8 cm³/mol. The van der Waals surface area contributed by atoms with E-state index in [0.29, 0.717) is 19.1 Å². The Labute approximate surface area is 153 Å². The maximum absolute atomic E-state index is 12.1. The van der Waals surface area contributed by atoms with Crippen molar-refractivity contribution in [1.29, 1.82) is 0 Å². The number of carbonyl (C=O) groups is 3. The second-order valence-electron chi connectivity index (χ2n) is 5.12. The topological polar surface area (TPSA) is 114 Å². The average Bonchev–Trinajstić information content (AvgIpc) is 2.48. The SMILES string of the molecule is COC1C2CCC(N[CH-]C(=O)NC(CC=O)C(=O)O2)C1O.[Y]. The molecule has 3 aliphatic rings. The maximum Gasteiger partial charge on any atom is 0.329 e. The molecule has 0 aromatic rings. The molecule has 2 saturated heterocycles. The molecule has 5 atom stereocenters. The van der Waals surface area contributed by atoms with Crippen molar-refractivity contribution in [2.75, 3.05) is 7.11 Å². The van der Waals surface area contributed by atoms with Gasteiger partial charge in [-0.05, 0) is 12.8 Å². The summed E-state index contributed by atoms with van der Waals surface area (Å²) in [4.78, 5) is 34.4. The van der Waals surface area contributed by atoms with Gasteiger partial charge in [0.1, 0.15) is 24.5 Å². The van der Waals surface area contributed by atoms with E-state index < -0.39 is 36.2 Å². The van der Waals surface area contributed by atoms with Gasteiger partial charge in [0.05, 0.1) is 12.0 Å². The van der Waals surface area contributed by atoms with Gasteiger partial charge in [0.25, 0.3) is 0 Å². The van der Waals surface area contributed by atoms with Crippen LogP contribution in [-0.4, -0.2) is 60.8 Å². The first-order valence-electron chi connectivity index (χ1n) is 6.81. The van der Waals surface area contributed by atoms with Crippen LogP contribution in [0.4, 0.5) is 0 Å². The number of amides is 1. The second-order valence-corrected chi connectivity index (χ2v) is 5.12. The van der Waals surface area contributed by atoms with Gasteiger partial charge < -0.3 is 34.8 Å². The first kappa shape index (κ1) is 19.5. The molecule has 0 aromatic carbocycles. The van der Waals surface area contributed by atoms with Crippen molar-refractivity contribution in [3.05, 3.63) is 6.54 Å². The Kier molecular flexibility index (Phi) is 7.92. The van der Waals surface area contributed by atoms with Crippen LogP contribution in [0.1, 0.15) is 19.3 Å². The van der Waals surface area contributed by atoms with Gasteiger partial charge in [-0.25, -0.2) is 11.3 Å². The number of aliphatic hydroxyl groups is 1. The minimum Gasteiger partial charge on any atom is -0.458 e. The van der Waals surface area contributed by atoms with Crippen LogP contribution < -0.4 is 10.6 Å². The zero-order valence-electron chi connectivity index (χ0n) is 12.2. The molecule has 121 valence electrons. The van der Waals surface area contributed by atoms with Crippen molar-refractivity contribution < 1.29 is 61.7 Å². The summed E-state index contributed by atoms with van der Waals surface area (Å²) in [6.07, 6.45) is -0.809. The molecule has 1 aliphatic carbocycles. The van der Waals surface area contributed by atoms with Crippen LogP contribution in [0.2, 0.25) is 0 Å². The smallest absolute Gasteiger partial charge is 0.329 e. The Morgan fingerprint density at radius 3 is 2.82 bits per heavy atom. The molecule has 5 unspecified atom stereocenters. The number of fused-ring (bicyclic) bond motifs is 8. The van der Waals surface area contributed by atoms with Crippen molar-refractivity contribution in [2.45, 2.75) is 49.7 Å². The average molecular weight is 388 g/mol. The van der Waals surface area contributed by atoms with Crippen LogP contribution in [-0.2, 0) is 56.6 Å². The van der Waals surface area contributed by atoms with Gasteiger partial charge in [0, 0.05) is 52.3 Å². The third-order valence-electron chi connectivity index (χ3n) is 3.78. The van der Waals surface area contributed by atoms with E-state index in [1.807, 2.05) is 0 Å². The molecule has 3 fully saturated rings. The molecule has 8 nitrogen and oxygen atoms in total. The molecular weight excluding hydrogens is 369 g/mol. The van der Waals surface area contributed by atoms with E-state index in [9.17, 15) is 19.5 Å². The van der Waals surface area contributed by atoms with Crippen LogP contribution in [0.5, 0.6) is 0 Å². The van der Waals surface area contributed by atoms with E-state index >= 15 is 0 Å². The number of esters is 1. The standard InChI is InChI=1S/C13H19N2O6.Y/c1-20-12-9-3-2-7(11(12)18)14-6-10(17)15-8(4-5-16)13(19)21-9;/h5-9,11-12,14,18H,2-4H2,1H3,(H,15,17);/q-1;. The summed E-state index contributed by atoms with van der Waals surface area (Å²) in [5.74, 6) is -1.26. The summed E-state index contributed by atoms with van der Waals surface area (Å²) < 4.78 is 10.5. The molecule has 9 heteroatoms. The van der Waals surface area contributed by atoms with E-state index in [2.05, 4.69) is 10.6 Å². The fourth-order valence-electron chi connectivity index (χ4n) is 2.66. The van der Waals surface area contributed by atoms with Crippen LogP contribution in [0.25, 0.3) is 0 Å². The molecule has 1 radical (unpaired) electrons. The zero-order chi connectivity index (χ0) is 15.4. The number of hydrogen-bond acceptors (Lipinski definition) is 7. The van der Waals surface area contributed by atoms with Gasteiger partial charge in [0.15, 0.2) is 0 Å². The molecule has 1 saturated carbocycles. The summed E-state index contributed by atoms with van der Waals surface area (Å²) in [5.41, 5.74) is 0. The fraction of sp³-hybridized carbons (Fsp3) is 0.692. The molecule has 0 spiro atoms. The van der Waals surface area contributed by atoms with Gasteiger partial charge in [-0.15, -0.1) is 0 Å². The molecule has 2 aliphatic heterocycles. The third-order valence-corrected chi connectivity index (χ3v) is 3.78. The number of nitrogens with one attached hydrogen (secondary N) is 2. The predicted octanol–water partition coefficient (Wildman–Crippen LogP) is -1.73. The number of hydrogen-bond donors (Lipinski definition) is 3. The van der Waals surface area contributed by atoms with E-state index in [4.69, 9.17) is 9.47 Å². The molecular formula is C13H19N2O6Y-. The molecule has 0 aromatic heterocycles. The summed E-state index contributed by atoms with van der Waals surface area (Å²) in [6.45, 7) is 1.15. The third kappa shape index (κ3) is 4.49. The van der Waals surface area contributed by atoms with Crippen molar-refractivity contribution >= 4 is 18.2 Å². The van der Waals surface area contributed by atoms with Crippen LogP contribution >= 0.6 is 0 Å². The number of methoxy groups -OCH3 is 1. The number of carbonyl (C=O) groups excluding carboxylic acids is 3. The molecule has 1 amide bonds. The normalized spacial score (nSPS) is 35.3. The summed E-state index contributed by atoms with van der Waals surface area (Å²) in [7, 11) is 1.42. The first-order chi connectivity index (χ1) is 10.1. The first-order valence-corrected chi connectivity index (χ1v) is 6.81. The Balaban J connectivity index is 0.00000242. The minimum absolute atomic E-state index is 0. The molecule has 2 heterocycles. The van der Waals surface area contributed by atoms with Crippen LogP contribution in [0, 0.1) is 6.54 Å². The van der Waals surface area contributed by atoms with E-state index in [0.717, 1.165) is 6.54 Å². The van der Waals surface area contributed by atoms with E-state index in [-0.39, 0.29) is 45.2 Å². The Morgan fingerprint density at radius 1 is 1.45 bits per heavy atom. The summed E-state index contributed by atoms with van der Waals surface area (Å²) in [6, 6.07) is -1.40. The molecule has 3 rings (SSSR count). The van der Waals surface area contributed by atoms with Crippen LogP contribution in [0.3, 0.4) is 0 Å². The van der Waals surface area contributed by atoms with Gasteiger partial charge in [0.2, 0.25) is 0 Å². The van der Waals surface area contributed by atoms with Gasteiger partial charge in [-0.2, -0.15) is 0 Å². The number of ether oxygens (including phenoxy) is 2. The molecule has 3 N–H and O–H groups in total. The van der Waals surface area contributed by atoms with Gasteiger partial charge in [-0.1, -0.05) is 0 Å². The van der Waals surface area contributed by atoms with Crippen molar-refractivity contribution in [2.24, 2.45) is 0 Å². The number of rotatable bonds is 3. The molecule has 2 bridgehead atoms. The van der Waals surface area contributed by atoms with Gasteiger partial charge in [-0.3, -0.25) is 0 Å². The van der Waals surface area contributed by atoms with Crippen molar-refractivity contribution in [3.63, 3.8) is 0 Å². The van der Waals surface area contributed by atoms with Crippen LogP contribution in [0.15, 0.2) is 0 Å². The quantitative estimate of drug-likeness (QED) is 0.228. The summed E-state index contributed by atoms with van der Waals surface area (Å²) in [5, 5.41) is 15.4. The van der Waals surface area contributed by atoms with Crippen molar-refractivity contribution in [1.82, 2.24) is 10.6 Å². The largest absolute Gasteiger partial charge is 0.458 e. The second kappa shape index (κ2) is 8.93. The Bertz CT molecular complexity index is 421. The fourth-order valence-corrected chi connectivity index (χ4v) is 2.66. The Morgan fingerprint density at radius 2 is 2.18 bits per heavy atom. The number of aldehydes is 1.